The molecule has 1 heterocycles. The maximum atomic E-state index is 10.2. The Morgan fingerprint density at radius 3 is 2.59 bits per heavy atom. The molecule has 1 aromatic heterocycles. The van der Waals surface area contributed by atoms with Crippen molar-refractivity contribution in [1.82, 2.24) is 20.3 Å². The summed E-state index contributed by atoms with van der Waals surface area (Å²) in [5, 5.41) is 21.6. The van der Waals surface area contributed by atoms with Gasteiger partial charge in [0.15, 0.2) is 0 Å². The van der Waals surface area contributed by atoms with Crippen LogP contribution in [0, 0.1) is 0 Å². The maximum absolute atomic E-state index is 10.2. The van der Waals surface area contributed by atoms with E-state index in [1.165, 1.54) is 0 Å². The summed E-state index contributed by atoms with van der Waals surface area (Å²) in [5.74, 6) is 0. The highest BCUT2D eigenvalue weighted by atomic mass is 16.3. The molecule has 0 saturated heterocycles. The van der Waals surface area contributed by atoms with Gasteiger partial charge >= 0.3 is 0 Å². The average molecular weight is 240 g/mol. The van der Waals surface area contributed by atoms with Crippen LogP contribution in [0.25, 0.3) is 0 Å². The van der Waals surface area contributed by atoms with Gasteiger partial charge in [-0.25, -0.2) is 4.68 Å². The molecule has 0 unspecified atom stereocenters. The van der Waals surface area contributed by atoms with E-state index in [2.05, 4.69) is 29.5 Å². The molecule has 0 bridgehead atoms. The zero-order valence-corrected chi connectivity index (χ0v) is 11.3. The number of hydrogen-bond donors (Lipinski definition) is 2. The summed E-state index contributed by atoms with van der Waals surface area (Å²) in [5.41, 5.74) is 0.240. The summed E-state index contributed by atoms with van der Waals surface area (Å²) < 4.78 is 1.73. The molecular formula is C12H24N4O. The van der Waals surface area contributed by atoms with Crippen molar-refractivity contribution in [3.8, 4) is 0 Å². The van der Waals surface area contributed by atoms with Crippen molar-refractivity contribution < 1.29 is 5.11 Å². The Labute approximate surface area is 103 Å². The normalized spacial score (nSPS) is 12.4. The minimum Gasteiger partial charge on any atom is -0.388 e. The third kappa shape index (κ3) is 4.44. The molecule has 0 aliphatic heterocycles. The van der Waals surface area contributed by atoms with Crippen LogP contribution in [0.5, 0.6) is 0 Å². The van der Waals surface area contributed by atoms with E-state index >= 15 is 0 Å². The van der Waals surface area contributed by atoms with Gasteiger partial charge in [0.1, 0.15) is 0 Å². The van der Waals surface area contributed by atoms with Crippen LogP contribution < -0.4 is 5.32 Å². The smallest absolute Gasteiger partial charge is 0.0964 e. The molecule has 0 radical (unpaired) electrons. The first-order valence-electron chi connectivity index (χ1n) is 6.34. The summed E-state index contributed by atoms with van der Waals surface area (Å²) in [6.45, 7) is 9.39. The lowest BCUT2D eigenvalue weighted by molar-refractivity contribution is 0.0114. The van der Waals surface area contributed by atoms with Crippen molar-refractivity contribution in [1.29, 1.82) is 0 Å². The Morgan fingerprint density at radius 1 is 1.41 bits per heavy atom. The minimum atomic E-state index is -0.670. The second-order valence-electron chi connectivity index (χ2n) is 4.87. The second kappa shape index (κ2) is 6.12. The summed E-state index contributed by atoms with van der Waals surface area (Å²) in [6, 6.07) is 0.434. The monoisotopic (exact) mass is 240 g/mol. The highest BCUT2D eigenvalue weighted by Gasteiger charge is 2.23. The van der Waals surface area contributed by atoms with Crippen molar-refractivity contribution in [2.75, 3.05) is 0 Å². The third-order valence-corrected chi connectivity index (χ3v) is 3.05. The predicted molar refractivity (Wildman–Crippen MR) is 67.5 cm³/mol. The van der Waals surface area contributed by atoms with E-state index in [9.17, 15) is 5.11 Å². The van der Waals surface area contributed by atoms with Gasteiger partial charge in [0.05, 0.1) is 17.8 Å². The van der Waals surface area contributed by atoms with Gasteiger partial charge < -0.3 is 10.4 Å². The van der Waals surface area contributed by atoms with E-state index < -0.39 is 5.60 Å². The fourth-order valence-corrected chi connectivity index (χ4v) is 1.58. The molecule has 0 aliphatic carbocycles. The SMILES string of the molecule is CCC(O)(CC)Cn1cc(CNC(C)C)nn1. The zero-order valence-electron chi connectivity index (χ0n) is 11.3. The van der Waals surface area contributed by atoms with E-state index in [4.69, 9.17) is 0 Å². The predicted octanol–water partition coefficient (Wildman–Crippen LogP) is 1.33. The molecule has 0 aliphatic rings. The van der Waals surface area contributed by atoms with Gasteiger partial charge in [0, 0.05) is 18.8 Å². The molecule has 0 amide bonds. The van der Waals surface area contributed by atoms with Gasteiger partial charge in [-0.2, -0.15) is 0 Å². The van der Waals surface area contributed by atoms with Crippen molar-refractivity contribution in [2.45, 2.75) is 65.3 Å². The third-order valence-electron chi connectivity index (χ3n) is 3.05. The van der Waals surface area contributed by atoms with Gasteiger partial charge in [-0.1, -0.05) is 32.9 Å². The van der Waals surface area contributed by atoms with E-state index in [-0.39, 0.29) is 0 Å². The zero-order chi connectivity index (χ0) is 12.9. The fraction of sp³-hybridized carbons (Fsp3) is 0.833. The number of rotatable bonds is 7. The van der Waals surface area contributed by atoms with Crippen LogP contribution in [-0.2, 0) is 13.1 Å². The fourth-order valence-electron chi connectivity index (χ4n) is 1.58. The van der Waals surface area contributed by atoms with Gasteiger partial charge in [-0.05, 0) is 12.8 Å². The molecule has 2 N–H and O–H groups in total. The Hall–Kier alpha value is -0.940. The van der Waals surface area contributed by atoms with E-state index in [0.717, 1.165) is 18.5 Å². The minimum absolute atomic E-state index is 0.434. The second-order valence-corrected chi connectivity index (χ2v) is 4.87. The van der Waals surface area contributed by atoms with Crippen molar-refractivity contribution in [3.05, 3.63) is 11.9 Å². The molecule has 5 heteroatoms. The molecule has 1 rings (SSSR count). The molecule has 0 atom stereocenters. The summed E-state index contributed by atoms with van der Waals surface area (Å²) >= 11 is 0. The van der Waals surface area contributed by atoms with Crippen LogP contribution in [0.1, 0.15) is 46.2 Å². The first kappa shape index (κ1) is 14.1. The first-order valence-corrected chi connectivity index (χ1v) is 6.34. The van der Waals surface area contributed by atoms with Gasteiger partial charge in [0.2, 0.25) is 0 Å². The van der Waals surface area contributed by atoms with Crippen LogP contribution >= 0.6 is 0 Å². The summed E-state index contributed by atoms with van der Waals surface area (Å²) in [4.78, 5) is 0. The van der Waals surface area contributed by atoms with E-state index in [1.54, 1.807) is 4.68 Å². The van der Waals surface area contributed by atoms with E-state index in [1.807, 2.05) is 20.0 Å². The topological polar surface area (TPSA) is 63.0 Å². The average Bonchev–Trinajstić information content (AvgIpc) is 2.74. The molecule has 0 saturated carbocycles. The van der Waals surface area contributed by atoms with Crippen molar-refractivity contribution in [2.24, 2.45) is 0 Å². The Balaban J connectivity index is 2.56. The number of nitrogens with zero attached hydrogens (tertiary/aromatic N) is 3. The summed E-state index contributed by atoms with van der Waals surface area (Å²) in [6.07, 6.45) is 3.34. The Bertz CT molecular complexity index is 331. The van der Waals surface area contributed by atoms with E-state index in [0.29, 0.717) is 19.1 Å². The number of aliphatic hydroxyl groups is 1. The largest absolute Gasteiger partial charge is 0.388 e. The Morgan fingerprint density at radius 2 is 2.06 bits per heavy atom. The lowest BCUT2D eigenvalue weighted by Crippen LogP contribution is -2.32. The number of nitrogens with one attached hydrogen (secondary N) is 1. The van der Waals surface area contributed by atoms with Crippen LogP contribution in [0.2, 0.25) is 0 Å². The van der Waals surface area contributed by atoms with Crippen LogP contribution in [0.15, 0.2) is 6.20 Å². The van der Waals surface area contributed by atoms with Gasteiger partial charge in [-0.3, -0.25) is 0 Å². The van der Waals surface area contributed by atoms with Gasteiger partial charge in [0.25, 0.3) is 0 Å². The van der Waals surface area contributed by atoms with Crippen LogP contribution in [-0.4, -0.2) is 31.7 Å². The number of aromatic nitrogens is 3. The number of hydrogen-bond acceptors (Lipinski definition) is 4. The van der Waals surface area contributed by atoms with Crippen LogP contribution in [0.3, 0.4) is 0 Å². The van der Waals surface area contributed by atoms with Gasteiger partial charge in [-0.15, -0.1) is 5.10 Å². The highest BCUT2D eigenvalue weighted by Crippen LogP contribution is 2.16. The lowest BCUT2D eigenvalue weighted by atomic mass is 9.98. The molecule has 17 heavy (non-hydrogen) atoms. The molecular weight excluding hydrogens is 216 g/mol. The van der Waals surface area contributed by atoms with Crippen molar-refractivity contribution >= 4 is 0 Å². The van der Waals surface area contributed by atoms with Crippen molar-refractivity contribution in [3.63, 3.8) is 0 Å². The molecule has 0 spiro atoms. The molecule has 0 aromatic carbocycles. The molecule has 0 fully saturated rings. The van der Waals surface area contributed by atoms with Crippen LogP contribution in [0.4, 0.5) is 0 Å². The molecule has 1 aromatic rings. The first-order chi connectivity index (χ1) is 7.99. The summed E-state index contributed by atoms with van der Waals surface area (Å²) in [7, 11) is 0. The standard InChI is InChI=1S/C12H24N4O/c1-5-12(17,6-2)9-16-8-11(14-15-16)7-13-10(3)4/h8,10,13,17H,5-7,9H2,1-4H3. The molecule has 5 nitrogen and oxygen atoms in total. The quantitative estimate of drug-likeness (QED) is 0.754. The maximum Gasteiger partial charge on any atom is 0.0964 e. The highest BCUT2D eigenvalue weighted by molar-refractivity contribution is 4.93. The molecule has 98 valence electrons. The Kier molecular flexibility index (Phi) is 5.08. The lowest BCUT2D eigenvalue weighted by Gasteiger charge is -2.24.